The Morgan fingerprint density at radius 3 is 2.22 bits per heavy atom. The van der Waals surface area contributed by atoms with E-state index in [1.165, 1.54) is 0 Å². The van der Waals surface area contributed by atoms with Crippen molar-refractivity contribution in [3.8, 4) is 11.5 Å². The first-order valence-electron chi connectivity index (χ1n) is 7.42. The molecule has 3 aromatic rings. The standard InChI is InChI=1S/C20H17NO2/c1-15-6-5-7-16(14-15)20(22)21-17-10-12-19(13-11-17)23-18-8-3-2-4-9-18/h2-14H,1H3,(H,21,22). The second-order valence-corrected chi connectivity index (χ2v) is 5.26. The van der Waals surface area contributed by atoms with Crippen molar-refractivity contribution in [2.45, 2.75) is 6.92 Å². The number of hydrogen-bond acceptors (Lipinski definition) is 2. The number of benzene rings is 3. The van der Waals surface area contributed by atoms with E-state index < -0.39 is 0 Å². The van der Waals surface area contributed by atoms with Crippen LogP contribution in [0.3, 0.4) is 0 Å². The van der Waals surface area contributed by atoms with Gasteiger partial charge >= 0.3 is 0 Å². The van der Waals surface area contributed by atoms with E-state index in [-0.39, 0.29) is 5.91 Å². The molecule has 0 saturated heterocycles. The summed E-state index contributed by atoms with van der Waals surface area (Å²) in [5.41, 5.74) is 2.44. The number of nitrogens with one attached hydrogen (secondary N) is 1. The number of amides is 1. The molecule has 3 heteroatoms. The largest absolute Gasteiger partial charge is 0.457 e. The van der Waals surface area contributed by atoms with Crippen LogP contribution in [0.4, 0.5) is 5.69 Å². The Labute approximate surface area is 135 Å². The Bertz CT molecular complexity index is 795. The van der Waals surface area contributed by atoms with Crippen LogP contribution in [0.5, 0.6) is 11.5 Å². The molecule has 1 N–H and O–H groups in total. The molecule has 0 unspecified atom stereocenters. The molecule has 0 fully saturated rings. The third-order valence-electron chi connectivity index (χ3n) is 3.37. The second kappa shape index (κ2) is 6.79. The van der Waals surface area contributed by atoms with Crippen molar-refractivity contribution >= 4 is 11.6 Å². The minimum absolute atomic E-state index is 0.120. The Morgan fingerprint density at radius 1 is 0.826 bits per heavy atom. The topological polar surface area (TPSA) is 38.3 Å². The van der Waals surface area contributed by atoms with Crippen molar-refractivity contribution in [3.63, 3.8) is 0 Å². The van der Waals surface area contributed by atoms with Crippen molar-refractivity contribution in [1.29, 1.82) is 0 Å². The highest BCUT2D eigenvalue weighted by Gasteiger charge is 2.06. The number of hydrogen-bond donors (Lipinski definition) is 1. The van der Waals surface area contributed by atoms with E-state index in [1.807, 2.05) is 79.7 Å². The number of para-hydroxylation sites is 1. The lowest BCUT2D eigenvalue weighted by Crippen LogP contribution is -2.11. The van der Waals surface area contributed by atoms with Gasteiger partial charge in [0.25, 0.3) is 5.91 Å². The van der Waals surface area contributed by atoms with E-state index in [9.17, 15) is 4.79 Å². The van der Waals surface area contributed by atoms with Gasteiger partial charge in [-0.05, 0) is 55.5 Å². The zero-order chi connectivity index (χ0) is 16.1. The quantitative estimate of drug-likeness (QED) is 0.733. The molecule has 0 radical (unpaired) electrons. The van der Waals surface area contributed by atoms with Crippen molar-refractivity contribution in [1.82, 2.24) is 0 Å². The first-order chi connectivity index (χ1) is 11.2. The van der Waals surface area contributed by atoms with Gasteiger partial charge in [0.2, 0.25) is 0 Å². The van der Waals surface area contributed by atoms with Gasteiger partial charge in [0, 0.05) is 11.3 Å². The van der Waals surface area contributed by atoms with Gasteiger partial charge in [-0.2, -0.15) is 0 Å². The smallest absolute Gasteiger partial charge is 0.255 e. The normalized spacial score (nSPS) is 10.1. The lowest BCUT2D eigenvalue weighted by atomic mass is 10.1. The van der Waals surface area contributed by atoms with E-state index >= 15 is 0 Å². The van der Waals surface area contributed by atoms with Gasteiger partial charge in [-0.1, -0.05) is 35.9 Å². The van der Waals surface area contributed by atoms with Gasteiger partial charge in [0.15, 0.2) is 0 Å². The summed E-state index contributed by atoms with van der Waals surface area (Å²) in [5, 5.41) is 2.88. The summed E-state index contributed by atoms with van der Waals surface area (Å²) in [5.74, 6) is 1.39. The highest BCUT2D eigenvalue weighted by Crippen LogP contribution is 2.22. The van der Waals surface area contributed by atoms with Crippen molar-refractivity contribution in [2.75, 3.05) is 5.32 Å². The lowest BCUT2D eigenvalue weighted by Gasteiger charge is -2.08. The molecule has 23 heavy (non-hydrogen) atoms. The fourth-order valence-corrected chi connectivity index (χ4v) is 2.22. The summed E-state index contributed by atoms with van der Waals surface area (Å²) in [4.78, 5) is 12.2. The second-order valence-electron chi connectivity index (χ2n) is 5.26. The first kappa shape index (κ1) is 14.9. The van der Waals surface area contributed by atoms with Crippen LogP contribution in [0.1, 0.15) is 15.9 Å². The summed E-state index contributed by atoms with van der Waals surface area (Å²) in [6, 6.07) is 24.4. The number of rotatable bonds is 4. The fourth-order valence-electron chi connectivity index (χ4n) is 2.22. The molecule has 0 aliphatic carbocycles. The molecule has 3 aromatic carbocycles. The van der Waals surface area contributed by atoms with E-state index in [4.69, 9.17) is 4.74 Å². The van der Waals surface area contributed by atoms with E-state index in [0.717, 1.165) is 22.7 Å². The van der Waals surface area contributed by atoms with Crippen molar-refractivity contribution < 1.29 is 9.53 Å². The van der Waals surface area contributed by atoms with Gasteiger partial charge in [-0.25, -0.2) is 0 Å². The number of anilines is 1. The van der Waals surface area contributed by atoms with Gasteiger partial charge in [0.05, 0.1) is 0 Å². The van der Waals surface area contributed by atoms with E-state index in [0.29, 0.717) is 5.56 Å². The fraction of sp³-hybridized carbons (Fsp3) is 0.0500. The lowest BCUT2D eigenvalue weighted by molar-refractivity contribution is 0.102. The predicted molar refractivity (Wildman–Crippen MR) is 92.1 cm³/mol. The molecular weight excluding hydrogens is 286 g/mol. The van der Waals surface area contributed by atoms with Gasteiger partial charge in [-0.3, -0.25) is 4.79 Å². The molecule has 0 heterocycles. The average molecular weight is 303 g/mol. The minimum atomic E-state index is -0.120. The molecule has 0 aliphatic rings. The molecule has 0 aliphatic heterocycles. The monoisotopic (exact) mass is 303 g/mol. The Morgan fingerprint density at radius 2 is 1.52 bits per heavy atom. The number of ether oxygens (including phenoxy) is 1. The van der Waals surface area contributed by atoms with E-state index in [1.54, 1.807) is 6.07 Å². The third kappa shape index (κ3) is 3.98. The van der Waals surface area contributed by atoms with Crippen molar-refractivity contribution in [2.24, 2.45) is 0 Å². The highest BCUT2D eigenvalue weighted by atomic mass is 16.5. The molecule has 0 spiro atoms. The molecule has 0 saturated carbocycles. The van der Waals surface area contributed by atoms with Crippen LogP contribution in [-0.2, 0) is 0 Å². The maximum absolute atomic E-state index is 12.2. The molecule has 0 bridgehead atoms. The van der Waals surface area contributed by atoms with Crippen LogP contribution >= 0.6 is 0 Å². The maximum atomic E-state index is 12.2. The molecule has 0 aromatic heterocycles. The zero-order valence-electron chi connectivity index (χ0n) is 12.8. The minimum Gasteiger partial charge on any atom is -0.457 e. The zero-order valence-corrected chi connectivity index (χ0v) is 12.8. The summed E-state index contributed by atoms with van der Waals surface area (Å²) >= 11 is 0. The summed E-state index contributed by atoms with van der Waals surface area (Å²) in [6.45, 7) is 1.96. The highest BCUT2D eigenvalue weighted by molar-refractivity contribution is 6.04. The predicted octanol–water partition coefficient (Wildman–Crippen LogP) is 5.04. The summed E-state index contributed by atoms with van der Waals surface area (Å²) < 4.78 is 5.73. The maximum Gasteiger partial charge on any atom is 0.255 e. The Hall–Kier alpha value is -3.07. The van der Waals surface area contributed by atoms with Crippen LogP contribution in [0, 0.1) is 6.92 Å². The molecule has 3 rings (SSSR count). The summed E-state index contributed by atoms with van der Waals surface area (Å²) in [6.07, 6.45) is 0. The van der Waals surface area contributed by atoms with Crippen LogP contribution in [0.2, 0.25) is 0 Å². The van der Waals surface area contributed by atoms with Crippen LogP contribution in [0.25, 0.3) is 0 Å². The average Bonchev–Trinajstić information content (AvgIpc) is 2.57. The van der Waals surface area contributed by atoms with Crippen LogP contribution in [0.15, 0.2) is 78.9 Å². The van der Waals surface area contributed by atoms with Gasteiger partial charge in [0.1, 0.15) is 11.5 Å². The SMILES string of the molecule is Cc1cccc(C(=O)Nc2ccc(Oc3ccccc3)cc2)c1. The Balaban J connectivity index is 1.67. The number of carbonyl (C=O) groups excluding carboxylic acids is 1. The molecular formula is C20H17NO2. The third-order valence-corrected chi connectivity index (χ3v) is 3.37. The van der Waals surface area contributed by atoms with E-state index in [2.05, 4.69) is 5.32 Å². The van der Waals surface area contributed by atoms with Gasteiger partial charge in [-0.15, -0.1) is 0 Å². The molecule has 3 nitrogen and oxygen atoms in total. The Kier molecular flexibility index (Phi) is 4.39. The number of carbonyl (C=O) groups is 1. The van der Waals surface area contributed by atoms with Crippen molar-refractivity contribution in [3.05, 3.63) is 90.0 Å². The number of aryl methyl sites for hydroxylation is 1. The van der Waals surface area contributed by atoms with Crippen LogP contribution < -0.4 is 10.1 Å². The van der Waals surface area contributed by atoms with Crippen LogP contribution in [-0.4, -0.2) is 5.91 Å². The molecule has 1 amide bonds. The van der Waals surface area contributed by atoms with Gasteiger partial charge < -0.3 is 10.1 Å². The summed E-state index contributed by atoms with van der Waals surface area (Å²) in [7, 11) is 0. The first-order valence-corrected chi connectivity index (χ1v) is 7.42. The molecule has 0 atom stereocenters. The molecule has 114 valence electrons.